The van der Waals surface area contributed by atoms with Crippen LogP contribution in [-0.2, 0) is 0 Å². The Labute approximate surface area is 65.8 Å². The normalized spacial score (nSPS) is 9.73. The van der Waals surface area contributed by atoms with E-state index < -0.39 is 22.6 Å². The molecule has 1 heterocycles. The Hall–Kier alpha value is -1.03. The Kier molecular flexibility index (Phi) is 2.14. The molecule has 0 fully saturated rings. The lowest BCUT2D eigenvalue weighted by Crippen LogP contribution is -1.99. The van der Waals surface area contributed by atoms with Gasteiger partial charge in [0.2, 0.25) is 0 Å². The van der Waals surface area contributed by atoms with E-state index in [4.69, 9.17) is 11.6 Å². The van der Waals surface area contributed by atoms with Crippen LogP contribution in [0.5, 0.6) is 0 Å². The highest BCUT2D eigenvalue weighted by Crippen LogP contribution is 2.07. The molecule has 0 bridgehead atoms. The number of carbonyl (C=O) groups is 1. The van der Waals surface area contributed by atoms with E-state index in [0.29, 0.717) is 6.07 Å². The van der Waals surface area contributed by atoms with Crippen LogP contribution in [-0.4, -0.2) is 10.2 Å². The summed E-state index contributed by atoms with van der Waals surface area (Å²) >= 11 is 4.90. The van der Waals surface area contributed by atoms with Crippen LogP contribution >= 0.6 is 11.6 Å². The maximum absolute atomic E-state index is 12.5. The molecule has 2 nitrogen and oxygen atoms in total. The zero-order chi connectivity index (χ0) is 8.43. The minimum Gasteiger partial charge on any atom is -0.274 e. The summed E-state index contributed by atoms with van der Waals surface area (Å²) in [6, 6.07) is 0.544. The van der Waals surface area contributed by atoms with Crippen molar-refractivity contribution in [3.8, 4) is 0 Å². The molecule has 0 amide bonds. The lowest BCUT2D eigenvalue weighted by Gasteiger charge is -1.93. The van der Waals surface area contributed by atoms with Crippen LogP contribution in [0.15, 0.2) is 12.3 Å². The van der Waals surface area contributed by atoms with Gasteiger partial charge in [0.15, 0.2) is 11.5 Å². The van der Waals surface area contributed by atoms with Crippen LogP contribution < -0.4 is 0 Å². The average molecular weight is 178 g/mol. The SMILES string of the molecule is O=C(Cl)c1ncc(F)cc1F. The highest BCUT2D eigenvalue weighted by molar-refractivity contribution is 6.67. The molecule has 0 aromatic carbocycles. The molecule has 0 spiro atoms. The van der Waals surface area contributed by atoms with E-state index in [0.717, 1.165) is 6.20 Å². The van der Waals surface area contributed by atoms with Crippen LogP contribution in [0.25, 0.3) is 0 Å². The summed E-state index contributed by atoms with van der Waals surface area (Å²) in [5, 5.41) is -1.04. The minimum absolute atomic E-state index is 0.544. The van der Waals surface area contributed by atoms with E-state index >= 15 is 0 Å². The standard InChI is InChI=1S/C6H2ClF2NO/c7-6(11)5-4(9)1-3(8)2-10-5/h1-2H. The Morgan fingerprint density at radius 1 is 1.55 bits per heavy atom. The summed E-state index contributed by atoms with van der Waals surface area (Å²) in [5.41, 5.74) is -0.562. The molecule has 0 aliphatic rings. The van der Waals surface area contributed by atoms with E-state index in [1.165, 1.54) is 0 Å². The van der Waals surface area contributed by atoms with Crippen LogP contribution in [0.4, 0.5) is 8.78 Å². The van der Waals surface area contributed by atoms with Gasteiger partial charge in [-0.1, -0.05) is 0 Å². The third kappa shape index (κ3) is 1.71. The number of halogens is 3. The van der Waals surface area contributed by atoms with Gasteiger partial charge in [-0.15, -0.1) is 0 Å². The van der Waals surface area contributed by atoms with Gasteiger partial charge in [0, 0.05) is 6.07 Å². The Bertz CT molecular complexity index is 303. The van der Waals surface area contributed by atoms with Crippen molar-refractivity contribution in [3.05, 3.63) is 29.6 Å². The monoisotopic (exact) mass is 177 g/mol. The van der Waals surface area contributed by atoms with E-state index in [1.807, 2.05) is 0 Å². The van der Waals surface area contributed by atoms with Gasteiger partial charge in [0.1, 0.15) is 5.82 Å². The van der Waals surface area contributed by atoms with Crippen molar-refractivity contribution in [2.45, 2.75) is 0 Å². The second-order valence-corrected chi connectivity index (χ2v) is 2.10. The number of hydrogen-bond acceptors (Lipinski definition) is 2. The fraction of sp³-hybridized carbons (Fsp3) is 0. The summed E-state index contributed by atoms with van der Waals surface area (Å²) in [7, 11) is 0. The quantitative estimate of drug-likeness (QED) is 0.612. The van der Waals surface area contributed by atoms with Crippen molar-refractivity contribution in [2.24, 2.45) is 0 Å². The summed E-state index contributed by atoms with van der Waals surface area (Å²) in [6.07, 6.45) is 0.721. The molecule has 0 radical (unpaired) electrons. The van der Waals surface area contributed by atoms with Crippen molar-refractivity contribution in [1.29, 1.82) is 0 Å². The van der Waals surface area contributed by atoms with Crippen molar-refractivity contribution < 1.29 is 13.6 Å². The predicted octanol–water partition coefficient (Wildman–Crippen LogP) is 1.74. The minimum atomic E-state index is -1.05. The number of hydrogen-bond donors (Lipinski definition) is 0. The number of carbonyl (C=O) groups excluding carboxylic acids is 1. The Balaban J connectivity index is 3.20. The molecule has 1 aromatic rings. The zero-order valence-electron chi connectivity index (χ0n) is 5.14. The van der Waals surface area contributed by atoms with Crippen molar-refractivity contribution in [1.82, 2.24) is 4.98 Å². The number of aromatic nitrogens is 1. The highest BCUT2D eigenvalue weighted by Gasteiger charge is 2.10. The molecule has 58 valence electrons. The van der Waals surface area contributed by atoms with Gasteiger partial charge in [-0.25, -0.2) is 13.8 Å². The van der Waals surface area contributed by atoms with Crippen molar-refractivity contribution in [2.75, 3.05) is 0 Å². The van der Waals surface area contributed by atoms with Crippen molar-refractivity contribution in [3.63, 3.8) is 0 Å². The first-order valence-corrected chi connectivity index (χ1v) is 3.00. The van der Waals surface area contributed by atoms with Gasteiger partial charge in [-0.05, 0) is 11.6 Å². The van der Waals surface area contributed by atoms with E-state index in [9.17, 15) is 13.6 Å². The Morgan fingerprint density at radius 2 is 2.18 bits per heavy atom. The lowest BCUT2D eigenvalue weighted by atomic mass is 10.3. The summed E-state index contributed by atoms with van der Waals surface area (Å²) in [5.74, 6) is -1.89. The molecule has 5 heteroatoms. The first-order chi connectivity index (χ1) is 5.11. The van der Waals surface area contributed by atoms with E-state index in [2.05, 4.69) is 4.98 Å². The number of pyridine rings is 1. The molecule has 11 heavy (non-hydrogen) atoms. The molecular formula is C6H2ClF2NO. The van der Waals surface area contributed by atoms with Crippen LogP contribution in [0, 0.1) is 11.6 Å². The molecule has 0 N–H and O–H groups in total. The first kappa shape index (κ1) is 8.07. The van der Waals surface area contributed by atoms with Crippen LogP contribution in [0.3, 0.4) is 0 Å². The topological polar surface area (TPSA) is 30.0 Å². The van der Waals surface area contributed by atoms with Crippen LogP contribution in [0.2, 0.25) is 0 Å². The summed E-state index contributed by atoms with van der Waals surface area (Å²) in [6.45, 7) is 0. The maximum Gasteiger partial charge on any atom is 0.273 e. The Morgan fingerprint density at radius 3 is 2.64 bits per heavy atom. The molecule has 1 rings (SSSR count). The second kappa shape index (κ2) is 2.92. The number of rotatable bonds is 1. The van der Waals surface area contributed by atoms with E-state index in [-0.39, 0.29) is 0 Å². The number of nitrogens with zero attached hydrogens (tertiary/aromatic N) is 1. The first-order valence-electron chi connectivity index (χ1n) is 2.62. The molecule has 0 aliphatic carbocycles. The lowest BCUT2D eigenvalue weighted by molar-refractivity contribution is 0.107. The predicted molar refractivity (Wildman–Crippen MR) is 34.3 cm³/mol. The van der Waals surface area contributed by atoms with Crippen LogP contribution in [0.1, 0.15) is 10.5 Å². The van der Waals surface area contributed by atoms with Crippen molar-refractivity contribution >= 4 is 16.8 Å². The van der Waals surface area contributed by atoms with Gasteiger partial charge < -0.3 is 0 Å². The van der Waals surface area contributed by atoms with Gasteiger partial charge >= 0.3 is 0 Å². The van der Waals surface area contributed by atoms with Gasteiger partial charge in [0.05, 0.1) is 6.20 Å². The van der Waals surface area contributed by atoms with Gasteiger partial charge in [-0.3, -0.25) is 4.79 Å². The second-order valence-electron chi connectivity index (χ2n) is 1.76. The third-order valence-electron chi connectivity index (χ3n) is 0.994. The molecule has 1 aromatic heterocycles. The van der Waals surface area contributed by atoms with Gasteiger partial charge in [-0.2, -0.15) is 0 Å². The van der Waals surface area contributed by atoms with Gasteiger partial charge in [0.25, 0.3) is 5.24 Å². The zero-order valence-corrected chi connectivity index (χ0v) is 5.90. The maximum atomic E-state index is 12.5. The summed E-state index contributed by atoms with van der Waals surface area (Å²) < 4.78 is 24.6. The molecule has 0 unspecified atom stereocenters. The molecule has 0 saturated carbocycles. The largest absolute Gasteiger partial charge is 0.274 e. The molecule has 0 atom stereocenters. The summed E-state index contributed by atoms with van der Waals surface area (Å²) in [4.78, 5) is 13.5. The fourth-order valence-corrected chi connectivity index (χ4v) is 0.698. The smallest absolute Gasteiger partial charge is 0.273 e. The van der Waals surface area contributed by atoms with E-state index in [1.54, 1.807) is 0 Å². The third-order valence-corrected chi connectivity index (χ3v) is 1.17. The highest BCUT2D eigenvalue weighted by atomic mass is 35.5. The molecular weight excluding hydrogens is 176 g/mol. The molecule has 0 aliphatic heterocycles. The average Bonchev–Trinajstić information content (AvgIpc) is 1.85. The molecule has 0 saturated heterocycles. The fourth-order valence-electron chi connectivity index (χ4n) is 0.559.